The monoisotopic (exact) mass is 188 g/mol. The van der Waals surface area contributed by atoms with E-state index in [0.717, 1.165) is 0 Å². The minimum Gasteiger partial charge on any atom is -0.396 e. The Bertz CT molecular complexity index is 176. The Labute approximate surface area is 77.6 Å². The van der Waals surface area contributed by atoms with Gasteiger partial charge in [0.1, 0.15) is 11.9 Å². The third kappa shape index (κ3) is 5.49. The number of aliphatic hydroxyl groups is 2. The van der Waals surface area contributed by atoms with Crippen LogP contribution in [0.4, 0.5) is 0 Å². The maximum Gasteiger partial charge on any atom is 0.168 e. The number of carbonyl (C=O) groups excluding carboxylic acids is 2. The molecule has 0 amide bonds. The Morgan fingerprint density at radius 2 is 2.00 bits per heavy atom. The Hall–Kier alpha value is -0.740. The van der Waals surface area contributed by atoms with Gasteiger partial charge in [-0.15, -0.1) is 0 Å². The van der Waals surface area contributed by atoms with Gasteiger partial charge < -0.3 is 10.2 Å². The summed E-state index contributed by atoms with van der Waals surface area (Å²) in [6.07, 6.45) is -0.299. The van der Waals surface area contributed by atoms with Crippen molar-refractivity contribution >= 4 is 11.6 Å². The van der Waals surface area contributed by atoms with Gasteiger partial charge in [0.25, 0.3) is 0 Å². The topological polar surface area (TPSA) is 74.6 Å². The second-order valence-corrected chi connectivity index (χ2v) is 2.93. The van der Waals surface area contributed by atoms with E-state index >= 15 is 0 Å². The summed E-state index contributed by atoms with van der Waals surface area (Å²) in [5.74, 6) is -0.642. The van der Waals surface area contributed by atoms with Crippen LogP contribution in [0.25, 0.3) is 0 Å². The molecule has 13 heavy (non-hydrogen) atoms. The van der Waals surface area contributed by atoms with E-state index in [0.29, 0.717) is 12.8 Å². The van der Waals surface area contributed by atoms with E-state index in [-0.39, 0.29) is 25.2 Å². The summed E-state index contributed by atoms with van der Waals surface area (Å²) in [4.78, 5) is 22.0. The summed E-state index contributed by atoms with van der Waals surface area (Å²) in [6, 6.07) is 0. The van der Waals surface area contributed by atoms with E-state index in [1.807, 2.05) is 0 Å². The summed E-state index contributed by atoms with van der Waals surface area (Å²) in [6.45, 7) is 1.64. The van der Waals surface area contributed by atoms with Crippen molar-refractivity contribution in [1.82, 2.24) is 0 Å². The minimum absolute atomic E-state index is 0.0454. The van der Waals surface area contributed by atoms with Gasteiger partial charge in [0, 0.05) is 13.0 Å². The first-order valence-corrected chi connectivity index (χ1v) is 4.45. The van der Waals surface area contributed by atoms with E-state index in [4.69, 9.17) is 10.2 Å². The lowest BCUT2D eigenvalue weighted by Gasteiger charge is -2.04. The quantitative estimate of drug-likeness (QED) is 0.554. The third-order valence-electron chi connectivity index (χ3n) is 1.74. The van der Waals surface area contributed by atoms with Crippen LogP contribution in [-0.2, 0) is 9.59 Å². The largest absolute Gasteiger partial charge is 0.396 e. The van der Waals surface area contributed by atoms with Crippen molar-refractivity contribution in [3.05, 3.63) is 0 Å². The summed E-state index contributed by atoms with van der Waals surface area (Å²) in [5.41, 5.74) is 0. The molecule has 1 unspecified atom stereocenters. The molecule has 0 rings (SSSR count). The molecular weight excluding hydrogens is 172 g/mol. The predicted molar refractivity (Wildman–Crippen MR) is 47.2 cm³/mol. The molecule has 0 saturated carbocycles. The second kappa shape index (κ2) is 6.74. The van der Waals surface area contributed by atoms with Crippen molar-refractivity contribution in [3.8, 4) is 0 Å². The van der Waals surface area contributed by atoms with Gasteiger partial charge in [0.15, 0.2) is 5.78 Å². The Kier molecular flexibility index (Phi) is 6.36. The second-order valence-electron chi connectivity index (χ2n) is 2.93. The molecule has 0 aliphatic heterocycles. The number of aliphatic hydroxyl groups excluding tert-OH is 2. The molecule has 0 heterocycles. The van der Waals surface area contributed by atoms with Gasteiger partial charge in [-0.3, -0.25) is 9.59 Å². The highest BCUT2D eigenvalue weighted by molar-refractivity contribution is 6.00. The summed E-state index contributed by atoms with van der Waals surface area (Å²) >= 11 is 0. The van der Waals surface area contributed by atoms with Gasteiger partial charge in [0.05, 0.1) is 6.42 Å². The maximum absolute atomic E-state index is 11.0. The first-order chi connectivity index (χ1) is 6.11. The molecule has 0 aliphatic carbocycles. The molecule has 0 saturated heterocycles. The van der Waals surface area contributed by atoms with Crippen LogP contribution in [0.5, 0.6) is 0 Å². The van der Waals surface area contributed by atoms with Crippen molar-refractivity contribution in [2.24, 2.45) is 0 Å². The highest BCUT2D eigenvalue weighted by Crippen LogP contribution is 2.00. The lowest BCUT2D eigenvalue weighted by Crippen LogP contribution is -2.22. The molecule has 0 aliphatic rings. The molecule has 0 fully saturated rings. The fourth-order valence-corrected chi connectivity index (χ4v) is 0.904. The van der Waals surface area contributed by atoms with Crippen molar-refractivity contribution < 1.29 is 19.8 Å². The van der Waals surface area contributed by atoms with Gasteiger partial charge in [-0.2, -0.15) is 0 Å². The average Bonchev–Trinajstić information content (AvgIpc) is 2.13. The van der Waals surface area contributed by atoms with Crippen LogP contribution in [0.1, 0.15) is 32.6 Å². The molecule has 76 valence electrons. The van der Waals surface area contributed by atoms with Crippen LogP contribution in [0, 0.1) is 0 Å². The van der Waals surface area contributed by atoms with Crippen molar-refractivity contribution in [3.63, 3.8) is 0 Å². The molecule has 1 atom stereocenters. The zero-order chi connectivity index (χ0) is 10.3. The van der Waals surface area contributed by atoms with Crippen molar-refractivity contribution in [1.29, 1.82) is 0 Å². The van der Waals surface area contributed by atoms with E-state index in [1.165, 1.54) is 0 Å². The van der Waals surface area contributed by atoms with Gasteiger partial charge in [-0.25, -0.2) is 0 Å². The van der Waals surface area contributed by atoms with E-state index in [9.17, 15) is 9.59 Å². The molecule has 0 bridgehead atoms. The Balaban J connectivity index is 3.71. The Morgan fingerprint density at radius 3 is 2.46 bits per heavy atom. The van der Waals surface area contributed by atoms with Crippen LogP contribution >= 0.6 is 0 Å². The van der Waals surface area contributed by atoms with Crippen LogP contribution < -0.4 is 0 Å². The van der Waals surface area contributed by atoms with Crippen LogP contribution in [-0.4, -0.2) is 34.5 Å². The summed E-state index contributed by atoms with van der Waals surface area (Å²) in [5, 5.41) is 17.5. The number of hydrogen-bond acceptors (Lipinski definition) is 4. The SMILES string of the molecule is CCC(O)C(=O)CC(=O)CCCO. The van der Waals surface area contributed by atoms with Crippen LogP contribution in [0.15, 0.2) is 0 Å². The number of Topliss-reactive ketones (excluding diaryl/α,β-unsaturated/α-hetero) is 2. The normalized spacial score (nSPS) is 12.5. The number of ketones is 2. The summed E-state index contributed by atoms with van der Waals surface area (Å²) in [7, 11) is 0. The first kappa shape index (κ1) is 12.3. The Morgan fingerprint density at radius 1 is 1.38 bits per heavy atom. The van der Waals surface area contributed by atoms with Gasteiger partial charge in [-0.05, 0) is 12.8 Å². The third-order valence-corrected chi connectivity index (χ3v) is 1.74. The average molecular weight is 188 g/mol. The standard InChI is InChI=1S/C9H16O4/c1-2-8(12)9(13)6-7(11)4-3-5-10/h8,10,12H,2-6H2,1H3. The molecule has 0 aromatic heterocycles. The molecule has 0 aromatic rings. The first-order valence-electron chi connectivity index (χ1n) is 4.45. The molecule has 0 radical (unpaired) electrons. The van der Waals surface area contributed by atoms with E-state index in [1.54, 1.807) is 6.92 Å². The van der Waals surface area contributed by atoms with Crippen molar-refractivity contribution in [2.75, 3.05) is 6.61 Å². The van der Waals surface area contributed by atoms with E-state index < -0.39 is 11.9 Å². The van der Waals surface area contributed by atoms with Gasteiger partial charge in [0.2, 0.25) is 0 Å². The zero-order valence-electron chi connectivity index (χ0n) is 7.82. The lowest BCUT2D eigenvalue weighted by molar-refractivity contribution is -0.132. The molecule has 0 aromatic carbocycles. The van der Waals surface area contributed by atoms with Crippen LogP contribution in [0.3, 0.4) is 0 Å². The lowest BCUT2D eigenvalue weighted by atomic mass is 10.1. The smallest absolute Gasteiger partial charge is 0.168 e. The highest BCUT2D eigenvalue weighted by Gasteiger charge is 2.15. The number of carbonyl (C=O) groups is 2. The fraction of sp³-hybridized carbons (Fsp3) is 0.778. The zero-order valence-corrected chi connectivity index (χ0v) is 7.82. The van der Waals surface area contributed by atoms with Crippen LogP contribution in [0.2, 0.25) is 0 Å². The van der Waals surface area contributed by atoms with Gasteiger partial charge >= 0.3 is 0 Å². The summed E-state index contributed by atoms with van der Waals surface area (Å²) < 4.78 is 0. The minimum atomic E-state index is -1.02. The molecule has 0 spiro atoms. The number of rotatable bonds is 7. The molecule has 4 nitrogen and oxygen atoms in total. The molecule has 2 N–H and O–H groups in total. The predicted octanol–water partition coefficient (Wildman–Crippen LogP) is 0.0581. The van der Waals surface area contributed by atoms with Crippen molar-refractivity contribution in [2.45, 2.75) is 38.7 Å². The molecular formula is C9H16O4. The number of hydrogen-bond donors (Lipinski definition) is 2. The highest BCUT2D eigenvalue weighted by atomic mass is 16.3. The molecule has 4 heteroatoms. The fourth-order valence-electron chi connectivity index (χ4n) is 0.904. The maximum atomic E-state index is 11.0. The van der Waals surface area contributed by atoms with E-state index in [2.05, 4.69) is 0 Å². The van der Waals surface area contributed by atoms with Gasteiger partial charge in [-0.1, -0.05) is 6.92 Å².